The summed E-state index contributed by atoms with van der Waals surface area (Å²) in [6.07, 6.45) is 56.8. The van der Waals surface area contributed by atoms with Crippen LogP contribution < -0.4 is 5.73 Å². The van der Waals surface area contributed by atoms with Gasteiger partial charge in [-0.15, -0.1) is 0 Å². The van der Waals surface area contributed by atoms with E-state index in [-0.39, 0.29) is 38.6 Å². The first kappa shape index (κ1) is 58.7. The Morgan fingerprint density at radius 2 is 0.902 bits per heavy atom. The normalized spacial score (nSPS) is 13.7. The molecule has 61 heavy (non-hydrogen) atoms. The van der Waals surface area contributed by atoms with Crippen molar-refractivity contribution >= 4 is 19.8 Å². The highest BCUT2D eigenvalue weighted by molar-refractivity contribution is 7.47. The summed E-state index contributed by atoms with van der Waals surface area (Å²) in [4.78, 5) is 35.0. The van der Waals surface area contributed by atoms with E-state index in [1.165, 1.54) is 109 Å². The SMILES string of the molecule is CC/C=C\C/C=C\C/C=C\C/C=C\C/C=C\CCCCCCCCCCCC(=O)OC(COC(=O)CCCCCCCCCCCCCCCCC)COP(=O)(O)OCCN. The van der Waals surface area contributed by atoms with Crippen molar-refractivity contribution in [2.45, 2.75) is 225 Å². The molecule has 0 amide bonds. The fourth-order valence-electron chi connectivity index (χ4n) is 6.78. The molecule has 0 bridgehead atoms. The lowest BCUT2D eigenvalue weighted by Gasteiger charge is -2.19. The molecule has 0 aromatic rings. The van der Waals surface area contributed by atoms with Gasteiger partial charge < -0.3 is 20.1 Å². The molecule has 0 rings (SSSR count). The van der Waals surface area contributed by atoms with Crippen LogP contribution in [0.5, 0.6) is 0 Å². The monoisotopic (exact) mass is 878 g/mol. The van der Waals surface area contributed by atoms with Crippen LogP contribution in [0.3, 0.4) is 0 Å². The maximum Gasteiger partial charge on any atom is 0.472 e. The predicted molar refractivity (Wildman–Crippen MR) is 256 cm³/mol. The first-order valence-corrected chi connectivity index (χ1v) is 26.3. The van der Waals surface area contributed by atoms with Crippen LogP contribution in [0.15, 0.2) is 60.8 Å². The minimum absolute atomic E-state index is 0.0513. The van der Waals surface area contributed by atoms with Crippen LogP contribution in [0.4, 0.5) is 0 Å². The third-order valence-electron chi connectivity index (χ3n) is 10.4. The molecule has 0 saturated carbocycles. The smallest absolute Gasteiger partial charge is 0.462 e. The summed E-state index contributed by atoms with van der Waals surface area (Å²) in [5, 5.41) is 0. The Balaban J connectivity index is 4.06. The zero-order valence-corrected chi connectivity index (χ0v) is 40.0. The van der Waals surface area contributed by atoms with Gasteiger partial charge in [0.25, 0.3) is 0 Å². The van der Waals surface area contributed by atoms with E-state index in [1.54, 1.807) is 0 Å². The van der Waals surface area contributed by atoms with Gasteiger partial charge in [0.1, 0.15) is 6.61 Å². The number of allylic oxidation sites excluding steroid dienone is 10. The van der Waals surface area contributed by atoms with E-state index in [4.69, 9.17) is 24.3 Å². The van der Waals surface area contributed by atoms with Crippen LogP contribution in [0, 0.1) is 0 Å². The number of hydrogen-bond acceptors (Lipinski definition) is 8. The van der Waals surface area contributed by atoms with Gasteiger partial charge >= 0.3 is 19.8 Å². The molecule has 3 N–H and O–H groups in total. The third kappa shape index (κ3) is 47.0. The first-order chi connectivity index (χ1) is 29.8. The van der Waals surface area contributed by atoms with Gasteiger partial charge in [0.05, 0.1) is 13.2 Å². The van der Waals surface area contributed by atoms with Gasteiger partial charge in [-0.25, -0.2) is 4.57 Å². The van der Waals surface area contributed by atoms with E-state index in [0.717, 1.165) is 77.0 Å². The lowest BCUT2D eigenvalue weighted by atomic mass is 10.0. The molecule has 0 radical (unpaired) electrons. The number of esters is 2. The Bertz CT molecular complexity index is 1180. The molecule has 0 aliphatic heterocycles. The van der Waals surface area contributed by atoms with Gasteiger partial charge in [-0.2, -0.15) is 0 Å². The second kappa shape index (κ2) is 47.2. The van der Waals surface area contributed by atoms with Crippen molar-refractivity contribution in [2.75, 3.05) is 26.4 Å². The van der Waals surface area contributed by atoms with Gasteiger partial charge in [-0.3, -0.25) is 18.6 Å². The molecule has 0 heterocycles. The molecule has 0 aliphatic carbocycles. The maximum atomic E-state index is 12.6. The van der Waals surface area contributed by atoms with Crippen molar-refractivity contribution in [2.24, 2.45) is 5.73 Å². The summed E-state index contributed by atoms with van der Waals surface area (Å²) < 4.78 is 32.9. The van der Waals surface area contributed by atoms with E-state index in [2.05, 4.69) is 74.6 Å². The molecule has 0 aliphatic rings. The molecule has 2 unspecified atom stereocenters. The van der Waals surface area contributed by atoms with E-state index >= 15 is 0 Å². The van der Waals surface area contributed by atoms with Crippen molar-refractivity contribution < 1.29 is 37.6 Å². The van der Waals surface area contributed by atoms with Crippen molar-refractivity contribution in [3.05, 3.63) is 60.8 Å². The minimum atomic E-state index is -4.38. The topological polar surface area (TPSA) is 134 Å². The molecule has 0 spiro atoms. The van der Waals surface area contributed by atoms with Gasteiger partial charge in [0.2, 0.25) is 0 Å². The molecule has 0 saturated heterocycles. The van der Waals surface area contributed by atoms with E-state index in [0.29, 0.717) is 6.42 Å². The molecule has 354 valence electrons. The van der Waals surface area contributed by atoms with Crippen molar-refractivity contribution in [1.29, 1.82) is 0 Å². The Kier molecular flexibility index (Phi) is 45.4. The number of phosphoric ester groups is 1. The fraction of sp³-hybridized carbons (Fsp3) is 0.765. The highest BCUT2D eigenvalue weighted by atomic mass is 31.2. The number of unbranched alkanes of at least 4 members (excludes halogenated alkanes) is 23. The lowest BCUT2D eigenvalue weighted by Crippen LogP contribution is -2.29. The predicted octanol–water partition coefficient (Wildman–Crippen LogP) is 14.8. The van der Waals surface area contributed by atoms with Crippen LogP contribution in [0.1, 0.15) is 219 Å². The number of carbonyl (C=O) groups is 2. The number of phosphoric acid groups is 1. The fourth-order valence-corrected chi connectivity index (χ4v) is 7.55. The summed E-state index contributed by atoms with van der Waals surface area (Å²) in [5.74, 6) is -0.831. The largest absolute Gasteiger partial charge is 0.472 e. The molecule has 9 nitrogen and oxygen atoms in total. The van der Waals surface area contributed by atoms with E-state index in [9.17, 15) is 19.0 Å². The third-order valence-corrected chi connectivity index (χ3v) is 11.4. The second-order valence-corrected chi connectivity index (χ2v) is 17.8. The quantitative estimate of drug-likeness (QED) is 0.0265. The number of ether oxygens (including phenoxy) is 2. The van der Waals surface area contributed by atoms with Gasteiger partial charge in [0.15, 0.2) is 6.10 Å². The number of carbonyl (C=O) groups excluding carboxylic acids is 2. The van der Waals surface area contributed by atoms with Crippen LogP contribution in [0.25, 0.3) is 0 Å². The van der Waals surface area contributed by atoms with Crippen molar-refractivity contribution in [1.82, 2.24) is 0 Å². The van der Waals surface area contributed by atoms with Crippen LogP contribution in [0.2, 0.25) is 0 Å². The zero-order valence-electron chi connectivity index (χ0n) is 39.1. The van der Waals surface area contributed by atoms with E-state index < -0.39 is 26.5 Å². The Labute approximate surface area is 374 Å². The Hall–Kier alpha value is -2.29. The number of nitrogens with two attached hydrogens (primary N) is 1. The molecule has 10 heteroatoms. The lowest BCUT2D eigenvalue weighted by molar-refractivity contribution is -0.161. The van der Waals surface area contributed by atoms with Gasteiger partial charge in [0, 0.05) is 19.4 Å². The number of rotatable bonds is 46. The van der Waals surface area contributed by atoms with E-state index in [1.807, 2.05) is 0 Å². The first-order valence-electron chi connectivity index (χ1n) is 24.8. The zero-order chi connectivity index (χ0) is 44.6. The molecule has 0 aromatic heterocycles. The summed E-state index contributed by atoms with van der Waals surface area (Å²) in [6, 6.07) is 0. The van der Waals surface area contributed by atoms with Crippen molar-refractivity contribution in [3.63, 3.8) is 0 Å². The molecule has 2 atom stereocenters. The average molecular weight is 878 g/mol. The molecule has 0 aromatic carbocycles. The van der Waals surface area contributed by atoms with Crippen LogP contribution in [-0.2, 0) is 32.7 Å². The summed E-state index contributed by atoms with van der Waals surface area (Å²) >= 11 is 0. The summed E-state index contributed by atoms with van der Waals surface area (Å²) in [5.41, 5.74) is 5.36. The highest BCUT2D eigenvalue weighted by Crippen LogP contribution is 2.43. The molecule has 0 fully saturated rings. The Morgan fingerprint density at radius 1 is 0.508 bits per heavy atom. The standard InChI is InChI=1S/C51H92NO8P/c1-3-5-7-9-11-13-15-17-19-20-21-22-23-24-25-26-27-28-30-32-34-36-38-40-42-44-51(54)60-49(48-59-61(55,56)58-46-45-52)47-57-50(53)43-41-39-37-35-33-31-29-18-16-14-12-10-8-6-4-2/h5,7,11,13,17,19,21-22,24-25,49H,3-4,6,8-10,12,14-16,18,20,23,26-48,52H2,1-2H3,(H,55,56)/b7-5-,13-11-,19-17-,22-21-,25-24-. The summed E-state index contributed by atoms with van der Waals surface area (Å²) in [7, 11) is -4.38. The number of hydrogen-bond donors (Lipinski definition) is 2. The minimum Gasteiger partial charge on any atom is -0.462 e. The Morgan fingerprint density at radius 3 is 1.34 bits per heavy atom. The average Bonchev–Trinajstić information content (AvgIpc) is 3.25. The van der Waals surface area contributed by atoms with Crippen LogP contribution >= 0.6 is 7.82 Å². The van der Waals surface area contributed by atoms with Crippen LogP contribution in [-0.4, -0.2) is 49.3 Å². The summed E-state index contributed by atoms with van der Waals surface area (Å²) in [6.45, 7) is 3.63. The highest BCUT2D eigenvalue weighted by Gasteiger charge is 2.26. The maximum absolute atomic E-state index is 12.6. The molecular formula is C51H92NO8P. The van der Waals surface area contributed by atoms with Gasteiger partial charge in [-0.05, 0) is 57.8 Å². The molecular weight excluding hydrogens is 786 g/mol. The van der Waals surface area contributed by atoms with Gasteiger partial charge in [-0.1, -0.05) is 209 Å². The van der Waals surface area contributed by atoms with Crippen molar-refractivity contribution in [3.8, 4) is 0 Å². The second-order valence-electron chi connectivity index (χ2n) is 16.3.